The number of aliphatic hydroxyl groups excluding tert-OH is 1. The van der Waals surface area contributed by atoms with Crippen molar-refractivity contribution in [3.05, 3.63) is 88.8 Å². The van der Waals surface area contributed by atoms with E-state index in [9.17, 15) is 4.79 Å². The molecule has 30 heavy (non-hydrogen) atoms. The fraction of sp³-hybridized carbons (Fsp3) is 0.231. The molecule has 0 saturated heterocycles. The largest absolute Gasteiger partial charge is 0.512 e. The minimum absolute atomic E-state index is 0. The molecule has 0 saturated carbocycles. The summed E-state index contributed by atoms with van der Waals surface area (Å²) in [4.78, 5) is 14.5. The van der Waals surface area contributed by atoms with E-state index in [1.807, 2.05) is 6.20 Å². The summed E-state index contributed by atoms with van der Waals surface area (Å²) in [5.41, 5.74) is 9.43. The van der Waals surface area contributed by atoms with Gasteiger partial charge in [0.25, 0.3) is 0 Å². The van der Waals surface area contributed by atoms with Crippen LogP contribution in [0.4, 0.5) is 0 Å². The van der Waals surface area contributed by atoms with Gasteiger partial charge in [-0.05, 0) is 50.6 Å². The van der Waals surface area contributed by atoms with Crippen molar-refractivity contribution in [3.63, 3.8) is 0 Å². The zero-order chi connectivity index (χ0) is 21.6. The van der Waals surface area contributed by atoms with Crippen LogP contribution in [0, 0.1) is 33.8 Å². The van der Waals surface area contributed by atoms with Gasteiger partial charge in [0.2, 0.25) is 0 Å². The molecule has 4 heteroatoms. The summed E-state index contributed by atoms with van der Waals surface area (Å²) in [6.07, 6.45) is 3.05. The van der Waals surface area contributed by atoms with Gasteiger partial charge in [0, 0.05) is 32.4 Å². The Morgan fingerprint density at radius 1 is 0.900 bits per heavy atom. The van der Waals surface area contributed by atoms with E-state index in [2.05, 4.69) is 81.2 Å². The fourth-order valence-corrected chi connectivity index (χ4v) is 3.23. The quantitative estimate of drug-likeness (QED) is 0.220. The van der Waals surface area contributed by atoms with Crippen molar-refractivity contribution in [2.45, 2.75) is 41.5 Å². The van der Waals surface area contributed by atoms with Crippen LogP contribution in [0.1, 0.15) is 36.1 Å². The number of hydrogen-bond donors (Lipinski definition) is 1. The summed E-state index contributed by atoms with van der Waals surface area (Å²) in [5, 5.41) is 8.36. The average Bonchev–Trinajstić information content (AvgIpc) is 2.59. The molecular formula is C26H28IrNO2-. The standard InChI is InChI=1S/C21H20N.C5H8O2.Ir/c1-14-7-15(2)10-19(9-14)18-5-6-22-21(13-18)20-11-16(3)8-17(4)12-20;1-4(6)3-5(2)7;/h5-11,13H,1-4H3;3,6H,1-2H3;/q-1;;/b;4-3-;. The molecule has 0 unspecified atom stereocenters. The SMILES string of the molecule is CC(=O)/C=C(/C)O.Cc1[c-]c(-c2cc(-c3cc(C)cc(C)c3)ccn2)cc(C)c1.[Ir]. The molecule has 159 valence electrons. The Balaban J connectivity index is 0.000000489. The Labute approximate surface area is 193 Å². The second-order valence-corrected chi connectivity index (χ2v) is 7.46. The Kier molecular flexibility index (Phi) is 9.84. The minimum Gasteiger partial charge on any atom is -0.512 e. The molecule has 0 atom stereocenters. The van der Waals surface area contributed by atoms with E-state index in [1.54, 1.807) is 0 Å². The van der Waals surface area contributed by atoms with Crippen LogP contribution in [0.15, 0.2) is 60.5 Å². The summed E-state index contributed by atoms with van der Waals surface area (Å²) in [6, 6.07) is 18.5. The van der Waals surface area contributed by atoms with Gasteiger partial charge in [0.1, 0.15) is 0 Å². The fourth-order valence-electron chi connectivity index (χ4n) is 3.23. The molecule has 0 fully saturated rings. The van der Waals surface area contributed by atoms with Crippen molar-refractivity contribution in [3.8, 4) is 22.4 Å². The second kappa shape index (κ2) is 11.6. The molecule has 0 bridgehead atoms. The van der Waals surface area contributed by atoms with Gasteiger partial charge in [-0.3, -0.25) is 4.79 Å². The number of carbonyl (C=O) groups is 1. The summed E-state index contributed by atoms with van der Waals surface area (Å²) >= 11 is 0. The van der Waals surface area contributed by atoms with Crippen molar-refractivity contribution in [2.24, 2.45) is 0 Å². The van der Waals surface area contributed by atoms with E-state index < -0.39 is 0 Å². The number of aryl methyl sites for hydroxylation is 4. The molecule has 2 aromatic carbocycles. The van der Waals surface area contributed by atoms with Crippen LogP contribution < -0.4 is 0 Å². The monoisotopic (exact) mass is 579 g/mol. The topological polar surface area (TPSA) is 50.2 Å². The zero-order valence-electron chi connectivity index (χ0n) is 18.3. The van der Waals surface area contributed by atoms with Crippen molar-refractivity contribution in [2.75, 3.05) is 0 Å². The summed E-state index contributed by atoms with van der Waals surface area (Å²) in [5.74, 6) is -0.0625. The van der Waals surface area contributed by atoms with Crippen molar-refractivity contribution < 1.29 is 30.0 Å². The molecule has 1 aromatic heterocycles. The molecule has 3 rings (SSSR count). The molecule has 1 N–H and O–H groups in total. The van der Waals surface area contributed by atoms with E-state index in [0.29, 0.717) is 0 Å². The molecule has 3 nitrogen and oxygen atoms in total. The number of aliphatic hydroxyl groups is 1. The number of carbonyl (C=O) groups excluding carboxylic acids is 1. The van der Waals surface area contributed by atoms with Crippen molar-refractivity contribution in [1.29, 1.82) is 0 Å². The number of nitrogens with zero attached hydrogens (tertiary/aromatic N) is 1. The first-order valence-electron chi connectivity index (χ1n) is 9.57. The molecule has 0 aliphatic heterocycles. The first-order chi connectivity index (χ1) is 13.6. The van der Waals surface area contributed by atoms with Gasteiger partial charge in [0.15, 0.2) is 5.78 Å². The number of rotatable bonds is 3. The van der Waals surface area contributed by atoms with Crippen molar-refractivity contribution >= 4 is 5.78 Å². The van der Waals surface area contributed by atoms with Crippen LogP contribution in [0.25, 0.3) is 22.4 Å². The number of ketones is 1. The third-order valence-electron chi connectivity index (χ3n) is 4.15. The third-order valence-corrected chi connectivity index (χ3v) is 4.15. The molecule has 1 heterocycles. The Hall–Kier alpha value is -2.55. The van der Waals surface area contributed by atoms with Gasteiger partial charge in [-0.15, -0.1) is 34.9 Å². The molecule has 3 aromatic rings. The second-order valence-electron chi connectivity index (χ2n) is 7.46. The maximum atomic E-state index is 10.0. The van der Waals surface area contributed by atoms with Crippen LogP contribution in [-0.4, -0.2) is 15.9 Å². The van der Waals surface area contributed by atoms with Crippen LogP contribution in [-0.2, 0) is 24.9 Å². The number of allylic oxidation sites excluding steroid dienone is 2. The Bertz CT molecular complexity index is 943. The number of aromatic nitrogens is 1. The van der Waals surface area contributed by atoms with Gasteiger partial charge >= 0.3 is 0 Å². The van der Waals surface area contributed by atoms with Crippen LogP contribution in [0.3, 0.4) is 0 Å². The number of hydrogen-bond acceptors (Lipinski definition) is 3. The van der Waals surface area contributed by atoms with Crippen LogP contribution >= 0.6 is 0 Å². The third kappa shape index (κ3) is 8.06. The van der Waals surface area contributed by atoms with Gasteiger partial charge < -0.3 is 10.1 Å². The summed E-state index contributed by atoms with van der Waals surface area (Å²) < 4.78 is 0. The average molecular weight is 579 g/mol. The summed E-state index contributed by atoms with van der Waals surface area (Å²) in [6.45, 7) is 11.3. The number of pyridine rings is 1. The maximum Gasteiger partial charge on any atom is 0.155 e. The first-order valence-corrected chi connectivity index (χ1v) is 9.57. The predicted octanol–water partition coefficient (Wildman–Crippen LogP) is 6.48. The van der Waals surface area contributed by atoms with Gasteiger partial charge in [0.05, 0.1) is 5.76 Å². The van der Waals surface area contributed by atoms with E-state index in [0.717, 1.165) is 16.8 Å². The number of benzene rings is 2. The van der Waals surface area contributed by atoms with Gasteiger partial charge in [-0.25, -0.2) is 0 Å². The Morgan fingerprint density at radius 3 is 2.00 bits per heavy atom. The first kappa shape index (κ1) is 25.5. The normalized spacial score (nSPS) is 10.5. The molecule has 0 amide bonds. The van der Waals surface area contributed by atoms with Crippen molar-refractivity contribution in [1.82, 2.24) is 4.98 Å². The smallest absolute Gasteiger partial charge is 0.155 e. The van der Waals surface area contributed by atoms with Gasteiger partial charge in [-0.2, -0.15) is 0 Å². The molecular weight excluding hydrogens is 551 g/mol. The Morgan fingerprint density at radius 2 is 1.50 bits per heavy atom. The predicted molar refractivity (Wildman–Crippen MR) is 120 cm³/mol. The van der Waals surface area contributed by atoms with E-state index in [1.165, 1.54) is 47.7 Å². The van der Waals surface area contributed by atoms with E-state index in [-0.39, 0.29) is 31.6 Å². The maximum absolute atomic E-state index is 10.0. The minimum atomic E-state index is -0.125. The zero-order valence-corrected chi connectivity index (χ0v) is 20.7. The molecule has 0 aliphatic rings. The summed E-state index contributed by atoms with van der Waals surface area (Å²) in [7, 11) is 0. The molecule has 0 spiro atoms. The van der Waals surface area contributed by atoms with Crippen LogP contribution in [0.2, 0.25) is 0 Å². The molecule has 1 radical (unpaired) electrons. The molecule has 0 aliphatic carbocycles. The van der Waals surface area contributed by atoms with E-state index >= 15 is 0 Å². The van der Waals surface area contributed by atoms with Crippen LogP contribution in [0.5, 0.6) is 0 Å². The van der Waals surface area contributed by atoms with E-state index in [4.69, 9.17) is 5.11 Å². The van der Waals surface area contributed by atoms with Gasteiger partial charge in [-0.1, -0.05) is 49.2 Å².